The minimum atomic E-state index is 0. The van der Waals surface area contributed by atoms with E-state index < -0.39 is 0 Å². The third-order valence-corrected chi connectivity index (χ3v) is 4.70. The molecule has 144 valence electrons. The van der Waals surface area contributed by atoms with Crippen molar-refractivity contribution in [2.75, 3.05) is 13.1 Å². The second-order valence-corrected chi connectivity index (χ2v) is 6.98. The summed E-state index contributed by atoms with van der Waals surface area (Å²) in [5, 5.41) is 10.9. The number of aliphatic imine (C=N–C) groups is 1. The first-order chi connectivity index (χ1) is 11.6. The van der Waals surface area contributed by atoms with E-state index in [1.807, 2.05) is 0 Å². The molecule has 0 unspecified atom stereocenters. The smallest absolute Gasteiger partial charge is 0.228 e. The van der Waals surface area contributed by atoms with Crippen molar-refractivity contribution >= 4 is 29.9 Å². The van der Waals surface area contributed by atoms with Gasteiger partial charge < -0.3 is 15.2 Å². The zero-order valence-corrected chi connectivity index (χ0v) is 18.4. The molecule has 6 nitrogen and oxygen atoms in total. The molecule has 0 aromatic carbocycles. The highest BCUT2D eigenvalue weighted by atomic mass is 127. The van der Waals surface area contributed by atoms with Gasteiger partial charge in [0.1, 0.15) is 0 Å². The molecule has 0 amide bonds. The lowest BCUT2D eigenvalue weighted by molar-refractivity contribution is 0.304. The van der Waals surface area contributed by atoms with E-state index in [0.717, 1.165) is 24.2 Å². The highest BCUT2D eigenvalue weighted by Gasteiger charge is 2.20. The standard InChI is InChI=1S/C18H33N5O.HI/c1-5-14-7-9-15(10-8-14)21-18(19-6-2)20-12-11-16-22-17(13(3)4)23-24-16;/h13-15H,5-12H2,1-4H3,(H2,19,20,21);1H. The fraction of sp³-hybridized carbons (Fsp3) is 0.833. The van der Waals surface area contributed by atoms with E-state index in [0.29, 0.717) is 30.8 Å². The predicted octanol–water partition coefficient (Wildman–Crippen LogP) is 3.88. The van der Waals surface area contributed by atoms with Crippen LogP contribution in [0.15, 0.2) is 9.52 Å². The van der Waals surface area contributed by atoms with Gasteiger partial charge in [0.2, 0.25) is 5.89 Å². The summed E-state index contributed by atoms with van der Waals surface area (Å²) in [7, 11) is 0. The van der Waals surface area contributed by atoms with Crippen LogP contribution < -0.4 is 10.6 Å². The number of aromatic nitrogens is 2. The van der Waals surface area contributed by atoms with Crippen LogP contribution in [0.1, 0.15) is 77.4 Å². The summed E-state index contributed by atoms with van der Waals surface area (Å²) in [5.74, 6) is 3.55. The molecule has 1 heterocycles. The van der Waals surface area contributed by atoms with Crippen LogP contribution >= 0.6 is 24.0 Å². The predicted molar refractivity (Wildman–Crippen MR) is 113 cm³/mol. The summed E-state index contributed by atoms with van der Waals surface area (Å²) in [4.78, 5) is 9.06. The quantitative estimate of drug-likeness (QED) is 0.365. The SMILES string of the molecule is CCNC(=NCCc1nc(C(C)C)no1)NC1CCC(CC)CC1.I. The van der Waals surface area contributed by atoms with Gasteiger partial charge in [0, 0.05) is 24.9 Å². The van der Waals surface area contributed by atoms with E-state index in [4.69, 9.17) is 4.52 Å². The lowest BCUT2D eigenvalue weighted by Gasteiger charge is -2.29. The number of hydrogen-bond donors (Lipinski definition) is 2. The van der Waals surface area contributed by atoms with Crippen LogP contribution in [0.3, 0.4) is 0 Å². The molecule has 0 bridgehead atoms. The van der Waals surface area contributed by atoms with Gasteiger partial charge in [-0.3, -0.25) is 4.99 Å². The molecular formula is C18H34IN5O. The Morgan fingerprint density at radius 2 is 1.96 bits per heavy atom. The summed E-state index contributed by atoms with van der Waals surface area (Å²) in [5.41, 5.74) is 0. The van der Waals surface area contributed by atoms with Crippen LogP contribution in [0, 0.1) is 5.92 Å². The normalized spacial score (nSPS) is 21.1. The number of hydrogen-bond acceptors (Lipinski definition) is 4. The van der Waals surface area contributed by atoms with Gasteiger partial charge in [-0.25, -0.2) is 0 Å². The van der Waals surface area contributed by atoms with Gasteiger partial charge in [0.15, 0.2) is 11.8 Å². The zero-order chi connectivity index (χ0) is 17.4. The van der Waals surface area contributed by atoms with E-state index in [2.05, 4.69) is 53.5 Å². The Kier molecular flexibility index (Phi) is 10.4. The lowest BCUT2D eigenvalue weighted by Crippen LogP contribution is -2.45. The maximum absolute atomic E-state index is 5.27. The highest BCUT2D eigenvalue weighted by Crippen LogP contribution is 2.26. The lowest BCUT2D eigenvalue weighted by atomic mass is 9.84. The fourth-order valence-electron chi connectivity index (χ4n) is 3.10. The van der Waals surface area contributed by atoms with Gasteiger partial charge in [-0.1, -0.05) is 32.3 Å². The molecule has 1 aliphatic carbocycles. The van der Waals surface area contributed by atoms with Crippen LogP contribution in [0.2, 0.25) is 0 Å². The fourth-order valence-corrected chi connectivity index (χ4v) is 3.10. The molecule has 7 heteroatoms. The average Bonchev–Trinajstić information content (AvgIpc) is 3.05. The van der Waals surface area contributed by atoms with Gasteiger partial charge in [0.25, 0.3) is 0 Å². The van der Waals surface area contributed by atoms with Crippen molar-refractivity contribution in [3.8, 4) is 0 Å². The summed E-state index contributed by atoms with van der Waals surface area (Å²) in [6.07, 6.45) is 7.12. The van der Waals surface area contributed by atoms with Gasteiger partial charge in [-0.15, -0.1) is 24.0 Å². The van der Waals surface area contributed by atoms with E-state index >= 15 is 0 Å². The largest absolute Gasteiger partial charge is 0.357 e. The highest BCUT2D eigenvalue weighted by molar-refractivity contribution is 14.0. The van der Waals surface area contributed by atoms with E-state index in [9.17, 15) is 0 Å². The number of halogens is 1. The first-order valence-corrected chi connectivity index (χ1v) is 9.49. The molecule has 2 N–H and O–H groups in total. The van der Waals surface area contributed by atoms with Crippen LogP contribution in [-0.4, -0.2) is 35.2 Å². The Morgan fingerprint density at radius 3 is 2.52 bits per heavy atom. The summed E-state index contributed by atoms with van der Waals surface area (Å²) < 4.78 is 5.27. The van der Waals surface area contributed by atoms with Gasteiger partial charge in [-0.2, -0.15) is 4.98 Å². The monoisotopic (exact) mass is 463 g/mol. The first-order valence-electron chi connectivity index (χ1n) is 9.49. The molecule has 1 saturated carbocycles. The Hall–Kier alpha value is -0.860. The van der Waals surface area contributed by atoms with Crippen LogP contribution in [0.4, 0.5) is 0 Å². The zero-order valence-electron chi connectivity index (χ0n) is 16.0. The van der Waals surface area contributed by atoms with Crippen molar-refractivity contribution in [1.82, 2.24) is 20.8 Å². The number of nitrogens with one attached hydrogen (secondary N) is 2. The Morgan fingerprint density at radius 1 is 1.24 bits per heavy atom. The maximum atomic E-state index is 5.27. The van der Waals surface area contributed by atoms with Crippen LogP contribution in [0.5, 0.6) is 0 Å². The van der Waals surface area contributed by atoms with Gasteiger partial charge >= 0.3 is 0 Å². The van der Waals surface area contributed by atoms with Gasteiger partial charge in [-0.05, 0) is 38.5 Å². The maximum Gasteiger partial charge on any atom is 0.228 e. The molecule has 1 aromatic rings. The van der Waals surface area contributed by atoms with E-state index in [1.165, 1.54) is 32.1 Å². The Balaban J connectivity index is 0.00000312. The summed E-state index contributed by atoms with van der Waals surface area (Å²) in [6.45, 7) is 10.0. The van der Waals surface area contributed by atoms with Gasteiger partial charge in [0.05, 0.1) is 6.54 Å². The minimum absolute atomic E-state index is 0. The van der Waals surface area contributed by atoms with Crippen molar-refractivity contribution in [3.63, 3.8) is 0 Å². The first kappa shape index (κ1) is 22.2. The summed E-state index contributed by atoms with van der Waals surface area (Å²) in [6, 6.07) is 0.543. The molecule has 0 spiro atoms. The Bertz CT molecular complexity index is 509. The molecule has 1 aliphatic rings. The van der Waals surface area contributed by atoms with Crippen molar-refractivity contribution in [3.05, 3.63) is 11.7 Å². The molecule has 0 aliphatic heterocycles. The molecule has 0 saturated heterocycles. The number of nitrogens with zero attached hydrogens (tertiary/aromatic N) is 3. The van der Waals surface area contributed by atoms with Crippen molar-refractivity contribution in [2.45, 2.75) is 78.2 Å². The Labute approximate surface area is 169 Å². The molecule has 0 atom stereocenters. The summed E-state index contributed by atoms with van der Waals surface area (Å²) >= 11 is 0. The topological polar surface area (TPSA) is 75.3 Å². The van der Waals surface area contributed by atoms with Crippen molar-refractivity contribution < 1.29 is 4.52 Å². The molecule has 25 heavy (non-hydrogen) atoms. The second kappa shape index (κ2) is 11.7. The second-order valence-electron chi connectivity index (χ2n) is 6.98. The molecule has 1 fully saturated rings. The van der Waals surface area contributed by atoms with Crippen molar-refractivity contribution in [2.24, 2.45) is 10.9 Å². The van der Waals surface area contributed by atoms with Crippen LogP contribution in [-0.2, 0) is 6.42 Å². The van der Waals surface area contributed by atoms with E-state index in [-0.39, 0.29) is 24.0 Å². The third kappa shape index (κ3) is 7.50. The number of rotatable bonds is 7. The number of guanidine groups is 1. The average molecular weight is 463 g/mol. The van der Waals surface area contributed by atoms with Crippen LogP contribution in [0.25, 0.3) is 0 Å². The molecule has 0 radical (unpaired) electrons. The van der Waals surface area contributed by atoms with Crippen molar-refractivity contribution in [1.29, 1.82) is 0 Å². The van der Waals surface area contributed by atoms with E-state index in [1.54, 1.807) is 0 Å². The third-order valence-electron chi connectivity index (χ3n) is 4.70. The molecule has 1 aromatic heterocycles. The molecular weight excluding hydrogens is 429 g/mol. The molecule has 2 rings (SSSR count). The minimum Gasteiger partial charge on any atom is -0.357 e.